The van der Waals surface area contributed by atoms with Gasteiger partial charge in [0.2, 0.25) is 0 Å². The highest BCUT2D eigenvalue weighted by Crippen LogP contribution is 2.22. The first-order valence-corrected chi connectivity index (χ1v) is 3.73. The monoisotopic (exact) mass is 199 g/mol. The fourth-order valence-corrected chi connectivity index (χ4v) is 1.11. The molecule has 0 aliphatic rings. The van der Waals surface area contributed by atoms with E-state index in [0.717, 1.165) is 6.20 Å². The average molecular weight is 199 g/mol. The summed E-state index contributed by atoms with van der Waals surface area (Å²) in [5.74, 6) is 0. The summed E-state index contributed by atoms with van der Waals surface area (Å²) in [5.41, 5.74) is 3.65. The van der Waals surface area contributed by atoms with Gasteiger partial charge in [-0.1, -0.05) is 0 Å². The van der Waals surface area contributed by atoms with Crippen molar-refractivity contribution in [2.75, 3.05) is 5.73 Å². The summed E-state index contributed by atoms with van der Waals surface area (Å²) >= 11 is 0. The molecule has 0 bridgehead atoms. The Morgan fingerprint density at radius 1 is 1.64 bits per heavy atom. The molecular formula is C8H7F2N3O. The molecule has 0 aromatic carbocycles. The molecule has 0 fully saturated rings. The molecule has 1 rings (SSSR count). The molecule has 1 aromatic heterocycles. The number of pyridine rings is 1. The molecular weight excluding hydrogens is 192 g/mol. The molecule has 14 heavy (non-hydrogen) atoms. The third-order valence-electron chi connectivity index (χ3n) is 1.75. The molecule has 0 aliphatic heterocycles. The van der Waals surface area contributed by atoms with Gasteiger partial charge in [-0.3, -0.25) is 4.79 Å². The number of hydrogen-bond acceptors (Lipinski definition) is 3. The molecule has 0 radical (unpaired) electrons. The second kappa shape index (κ2) is 3.87. The van der Waals surface area contributed by atoms with E-state index in [2.05, 4.69) is 4.98 Å². The summed E-state index contributed by atoms with van der Waals surface area (Å²) in [6, 6.07) is 1.68. The van der Waals surface area contributed by atoms with Crippen LogP contribution in [0.15, 0.2) is 11.0 Å². The number of nitrogens with one attached hydrogen (secondary N) is 1. The van der Waals surface area contributed by atoms with Gasteiger partial charge in [0, 0.05) is 11.8 Å². The Kier molecular flexibility index (Phi) is 2.82. The van der Waals surface area contributed by atoms with Gasteiger partial charge in [-0.15, -0.1) is 0 Å². The van der Waals surface area contributed by atoms with Crippen molar-refractivity contribution in [2.45, 2.75) is 12.8 Å². The van der Waals surface area contributed by atoms with Gasteiger partial charge in [0.25, 0.3) is 12.0 Å². The van der Waals surface area contributed by atoms with Crippen molar-refractivity contribution < 1.29 is 8.78 Å². The number of anilines is 1. The van der Waals surface area contributed by atoms with E-state index in [1.807, 2.05) is 0 Å². The first-order chi connectivity index (χ1) is 6.57. The van der Waals surface area contributed by atoms with Crippen LogP contribution in [0.4, 0.5) is 14.5 Å². The average Bonchev–Trinajstić information content (AvgIpc) is 2.11. The standard InChI is InChI=1S/C8H7F2N3O/c9-7(10)6-4(1-2-11)5(12)3-13-8(6)14/h3,7H,1,12H2,(H,13,14). The van der Waals surface area contributed by atoms with E-state index in [-0.39, 0.29) is 17.7 Å². The van der Waals surface area contributed by atoms with Gasteiger partial charge in [0.1, 0.15) is 0 Å². The summed E-state index contributed by atoms with van der Waals surface area (Å²) < 4.78 is 24.8. The Bertz CT molecular complexity index is 433. The van der Waals surface area contributed by atoms with Crippen LogP contribution in [0, 0.1) is 11.3 Å². The molecule has 0 atom stereocenters. The molecule has 74 valence electrons. The number of alkyl halides is 2. The number of hydrogen-bond donors (Lipinski definition) is 2. The Morgan fingerprint density at radius 3 is 2.79 bits per heavy atom. The number of nitriles is 1. The van der Waals surface area contributed by atoms with Crippen LogP contribution < -0.4 is 11.3 Å². The molecule has 0 aliphatic carbocycles. The van der Waals surface area contributed by atoms with Crippen molar-refractivity contribution in [1.82, 2.24) is 4.98 Å². The minimum Gasteiger partial charge on any atom is -0.397 e. The van der Waals surface area contributed by atoms with E-state index in [0.29, 0.717) is 0 Å². The van der Waals surface area contributed by atoms with Crippen molar-refractivity contribution in [3.8, 4) is 6.07 Å². The van der Waals surface area contributed by atoms with Crippen molar-refractivity contribution in [2.24, 2.45) is 0 Å². The van der Waals surface area contributed by atoms with Crippen LogP contribution in [0.1, 0.15) is 17.6 Å². The zero-order valence-electron chi connectivity index (χ0n) is 7.05. The highest BCUT2D eigenvalue weighted by atomic mass is 19.3. The minimum atomic E-state index is -2.93. The fourth-order valence-electron chi connectivity index (χ4n) is 1.11. The molecule has 0 saturated heterocycles. The first kappa shape index (κ1) is 10.2. The maximum Gasteiger partial charge on any atom is 0.269 e. The third kappa shape index (κ3) is 1.71. The lowest BCUT2D eigenvalue weighted by atomic mass is 10.1. The van der Waals surface area contributed by atoms with Crippen molar-refractivity contribution in [3.63, 3.8) is 0 Å². The Morgan fingerprint density at radius 2 is 2.29 bits per heavy atom. The molecule has 1 heterocycles. The molecule has 6 heteroatoms. The van der Waals surface area contributed by atoms with Crippen LogP contribution in [-0.4, -0.2) is 4.98 Å². The summed E-state index contributed by atoms with van der Waals surface area (Å²) in [7, 11) is 0. The van der Waals surface area contributed by atoms with Crippen molar-refractivity contribution >= 4 is 5.69 Å². The zero-order valence-corrected chi connectivity index (χ0v) is 7.05. The van der Waals surface area contributed by atoms with Crippen LogP contribution in [0.2, 0.25) is 0 Å². The third-order valence-corrected chi connectivity index (χ3v) is 1.75. The van der Waals surface area contributed by atoms with Crippen LogP contribution in [0.25, 0.3) is 0 Å². The molecule has 0 amide bonds. The minimum absolute atomic E-state index is 0.00134. The Balaban J connectivity index is 3.43. The van der Waals surface area contributed by atoms with Gasteiger partial charge in [0.05, 0.1) is 23.7 Å². The second-order valence-electron chi connectivity index (χ2n) is 2.60. The van der Waals surface area contributed by atoms with Crippen LogP contribution in [-0.2, 0) is 6.42 Å². The number of nitrogen functional groups attached to an aromatic ring is 1. The Labute approximate surface area is 78.0 Å². The van der Waals surface area contributed by atoms with Crippen LogP contribution >= 0.6 is 0 Å². The van der Waals surface area contributed by atoms with E-state index < -0.39 is 17.5 Å². The maximum atomic E-state index is 12.4. The van der Waals surface area contributed by atoms with Crippen molar-refractivity contribution in [1.29, 1.82) is 5.26 Å². The number of rotatable bonds is 2. The number of nitrogens with zero attached hydrogens (tertiary/aromatic N) is 1. The maximum absolute atomic E-state index is 12.4. The number of H-pyrrole nitrogens is 1. The van der Waals surface area contributed by atoms with Crippen LogP contribution in [0.5, 0.6) is 0 Å². The number of nitrogens with two attached hydrogens (primary N) is 1. The molecule has 1 aromatic rings. The summed E-state index contributed by atoms with van der Waals surface area (Å²) in [4.78, 5) is 13.1. The van der Waals surface area contributed by atoms with E-state index >= 15 is 0 Å². The summed E-state index contributed by atoms with van der Waals surface area (Å²) in [5, 5.41) is 8.38. The topological polar surface area (TPSA) is 82.7 Å². The lowest BCUT2D eigenvalue weighted by Gasteiger charge is -2.06. The quantitative estimate of drug-likeness (QED) is 0.744. The van der Waals surface area contributed by atoms with Gasteiger partial charge in [-0.05, 0) is 0 Å². The summed E-state index contributed by atoms with van der Waals surface area (Å²) in [6.45, 7) is 0. The molecule has 4 nitrogen and oxygen atoms in total. The van der Waals surface area contributed by atoms with Gasteiger partial charge in [-0.2, -0.15) is 5.26 Å². The predicted molar refractivity (Wildman–Crippen MR) is 45.7 cm³/mol. The van der Waals surface area contributed by atoms with Gasteiger partial charge < -0.3 is 10.7 Å². The van der Waals surface area contributed by atoms with E-state index in [1.54, 1.807) is 6.07 Å². The highest BCUT2D eigenvalue weighted by Gasteiger charge is 2.19. The lowest BCUT2D eigenvalue weighted by molar-refractivity contribution is 0.148. The second-order valence-corrected chi connectivity index (χ2v) is 2.60. The molecule has 3 N–H and O–H groups in total. The van der Waals surface area contributed by atoms with Gasteiger partial charge in [0.15, 0.2) is 0 Å². The van der Waals surface area contributed by atoms with Gasteiger partial charge in [-0.25, -0.2) is 8.78 Å². The smallest absolute Gasteiger partial charge is 0.269 e. The normalized spacial score (nSPS) is 10.1. The molecule has 0 unspecified atom stereocenters. The van der Waals surface area contributed by atoms with E-state index in [1.165, 1.54) is 0 Å². The fraction of sp³-hybridized carbons (Fsp3) is 0.250. The van der Waals surface area contributed by atoms with Crippen molar-refractivity contribution in [3.05, 3.63) is 27.7 Å². The van der Waals surface area contributed by atoms with E-state index in [4.69, 9.17) is 11.0 Å². The van der Waals surface area contributed by atoms with E-state index in [9.17, 15) is 13.6 Å². The highest BCUT2D eigenvalue weighted by molar-refractivity contribution is 5.50. The summed E-state index contributed by atoms with van der Waals surface area (Å²) in [6.07, 6.45) is -2.11. The molecule has 0 spiro atoms. The zero-order chi connectivity index (χ0) is 10.7. The number of aromatic nitrogens is 1. The first-order valence-electron chi connectivity index (χ1n) is 3.73. The van der Waals surface area contributed by atoms with Gasteiger partial charge >= 0.3 is 0 Å². The SMILES string of the molecule is N#CCc1c(N)c[nH]c(=O)c1C(F)F. The Hall–Kier alpha value is -1.90. The predicted octanol–water partition coefficient (Wildman–Crippen LogP) is 0.961. The number of aromatic amines is 1. The van der Waals surface area contributed by atoms with Crippen LogP contribution in [0.3, 0.4) is 0 Å². The lowest BCUT2D eigenvalue weighted by Crippen LogP contribution is -2.17. The number of halogens is 2. The largest absolute Gasteiger partial charge is 0.397 e. The molecule has 0 saturated carbocycles.